The minimum Gasteiger partial charge on any atom is -0.396 e. The van der Waals surface area contributed by atoms with E-state index in [2.05, 4.69) is 20.3 Å². The largest absolute Gasteiger partial charge is 0.433 e. The van der Waals surface area contributed by atoms with Crippen LogP contribution in [0.1, 0.15) is 22.5 Å². The highest BCUT2D eigenvalue weighted by molar-refractivity contribution is 7.91. The Balaban J connectivity index is 1.77. The molecule has 0 spiro atoms. The second-order valence-electron chi connectivity index (χ2n) is 7.56. The van der Waals surface area contributed by atoms with E-state index in [4.69, 9.17) is 5.73 Å². The SMILES string of the molecule is Nc1c(C(=O)N[C@@H]2CCS(=O)(=O)C2)cc(-c2ccc(C(F)(F)F)nc2)nc1-c1cccnc1. The molecule has 0 unspecified atom stereocenters. The van der Waals surface area contributed by atoms with E-state index in [1.54, 1.807) is 12.1 Å². The van der Waals surface area contributed by atoms with Crippen LogP contribution in [-0.4, -0.2) is 46.8 Å². The Bertz CT molecular complexity index is 1300. The molecule has 1 saturated heterocycles. The van der Waals surface area contributed by atoms with Crippen LogP contribution >= 0.6 is 0 Å². The number of hydrogen-bond donors (Lipinski definition) is 2. The van der Waals surface area contributed by atoms with Crippen molar-refractivity contribution in [2.24, 2.45) is 0 Å². The maximum atomic E-state index is 13.0. The first-order chi connectivity index (χ1) is 15.5. The van der Waals surface area contributed by atoms with Gasteiger partial charge >= 0.3 is 6.18 Å². The molecular weight excluding hydrogens is 459 g/mol. The van der Waals surface area contributed by atoms with E-state index in [9.17, 15) is 26.4 Å². The number of carbonyl (C=O) groups is 1. The number of nitrogens with two attached hydrogens (primary N) is 1. The van der Waals surface area contributed by atoms with Gasteiger partial charge in [0.2, 0.25) is 0 Å². The van der Waals surface area contributed by atoms with Gasteiger partial charge in [-0.1, -0.05) is 0 Å². The Labute approximate surface area is 187 Å². The normalized spacial score (nSPS) is 17.6. The summed E-state index contributed by atoms with van der Waals surface area (Å²) < 4.78 is 62.1. The first kappa shape index (κ1) is 22.6. The van der Waals surface area contributed by atoms with Gasteiger partial charge in [-0.2, -0.15) is 13.2 Å². The Morgan fingerprint density at radius 2 is 1.94 bits per heavy atom. The fourth-order valence-electron chi connectivity index (χ4n) is 3.50. The standard InChI is InChI=1S/C21H18F3N5O3S/c22-21(23,24)17-4-3-12(10-27-17)16-8-15(20(30)28-14-5-7-33(31,32)11-14)18(25)19(29-16)13-2-1-6-26-9-13/h1-4,6,8-10,14H,5,7,11,25H2,(H,28,30)/t14-/m1/s1. The van der Waals surface area contributed by atoms with Crippen molar-refractivity contribution in [3.05, 3.63) is 60.2 Å². The van der Waals surface area contributed by atoms with E-state index in [-0.39, 0.29) is 46.1 Å². The van der Waals surface area contributed by atoms with Gasteiger partial charge in [-0.25, -0.2) is 13.4 Å². The summed E-state index contributed by atoms with van der Waals surface area (Å²) in [6, 6.07) is 6.12. The Morgan fingerprint density at radius 3 is 2.52 bits per heavy atom. The molecule has 0 bridgehead atoms. The second-order valence-corrected chi connectivity index (χ2v) is 9.79. The summed E-state index contributed by atoms with van der Waals surface area (Å²) in [6.45, 7) is 0. The summed E-state index contributed by atoms with van der Waals surface area (Å²) in [6.07, 6.45) is -0.277. The molecule has 1 fully saturated rings. The Morgan fingerprint density at radius 1 is 1.15 bits per heavy atom. The highest BCUT2D eigenvalue weighted by atomic mass is 32.2. The zero-order valence-electron chi connectivity index (χ0n) is 17.0. The van der Waals surface area contributed by atoms with Crippen molar-refractivity contribution in [3.8, 4) is 22.5 Å². The number of rotatable bonds is 4. The number of alkyl halides is 3. The summed E-state index contributed by atoms with van der Waals surface area (Å²) in [5, 5.41) is 2.67. The second kappa shape index (κ2) is 8.43. The molecule has 4 heterocycles. The topological polar surface area (TPSA) is 128 Å². The van der Waals surface area contributed by atoms with Gasteiger partial charge in [-0.3, -0.25) is 14.8 Å². The van der Waals surface area contributed by atoms with Gasteiger partial charge in [-0.05, 0) is 36.8 Å². The Hall–Kier alpha value is -3.54. The molecule has 3 N–H and O–H groups in total. The van der Waals surface area contributed by atoms with Crippen molar-refractivity contribution in [3.63, 3.8) is 0 Å². The smallest absolute Gasteiger partial charge is 0.396 e. The van der Waals surface area contributed by atoms with Crippen LogP contribution in [0.2, 0.25) is 0 Å². The number of amides is 1. The number of nitrogen functional groups attached to an aromatic ring is 1. The average Bonchev–Trinajstić information content (AvgIpc) is 3.12. The number of pyridine rings is 3. The van der Waals surface area contributed by atoms with Gasteiger partial charge in [0.1, 0.15) is 5.69 Å². The summed E-state index contributed by atoms with van der Waals surface area (Å²) in [4.78, 5) is 24.9. The van der Waals surface area contributed by atoms with E-state index in [1.807, 2.05) is 0 Å². The fraction of sp³-hybridized carbons (Fsp3) is 0.238. The van der Waals surface area contributed by atoms with Crippen LogP contribution in [0.4, 0.5) is 18.9 Å². The van der Waals surface area contributed by atoms with Gasteiger partial charge in [-0.15, -0.1) is 0 Å². The number of hydrogen-bond acceptors (Lipinski definition) is 7. The van der Waals surface area contributed by atoms with Crippen molar-refractivity contribution in [1.29, 1.82) is 0 Å². The minimum absolute atomic E-state index is 0.0167. The lowest BCUT2D eigenvalue weighted by Gasteiger charge is -2.16. The van der Waals surface area contributed by atoms with Crippen molar-refractivity contribution in [2.45, 2.75) is 18.6 Å². The molecule has 1 amide bonds. The monoisotopic (exact) mass is 477 g/mol. The van der Waals surface area contributed by atoms with Gasteiger partial charge in [0.25, 0.3) is 5.91 Å². The van der Waals surface area contributed by atoms with Gasteiger partial charge in [0.15, 0.2) is 9.84 Å². The van der Waals surface area contributed by atoms with E-state index in [1.165, 1.54) is 24.5 Å². The number of carbonyl (C=O) groups excluding carboxylic acids is 1. The van der Waals surface area contributed by atoms with Crippen LogP contribution < -0.4 is 11.1 Å². The summed E-state index contributed by atoms with van der Waals surface area (Å²) in [5.74, 6) is -0.800. The number of halogens is 3. The first-order valence-corrected chi connectivity index (χ1v) is 11.6. The van der Waals surface area contributed by atoms with E-state index < -0.39 is 33.7 Å². The van der Waals surface area contributed by atoms with Crippen LogP contribution in [0.15, 0.2) is 48.9 Å². The Kier molecular flexibility index (Phi) is 5.78. The molecule has 33 heavy (non-hydrogen) atoms. The van der Waals surface area contributed by atoms with Crippen LogP contribution in [0.3, 0.4) is 0 Å². The number of nitrogens with one attached hydrogen (secondary N) is 1. The van der Waals surface area contributed by atoms with E-state index in [0.29, 0.717) is 5.56 Å². The molecule has 8 nitrogen and oxygen atoms in total. The molecule has 1 atom stereocenters. The zero-order chi connectivity index (χ0) is 23.8. The van der Waals surface area contributed by atoms with Crippen LogP contribution in [0.5, 0.6) is 0 Å². The third kappa shape index (κ3) is 4.95. The molecule has 1 aliphatic heterocycles. The molecule has 0 aromatic carbocycles. The molecule has 4 rings (SSSR count). The third-order valence-electron chi connectivity index (χ3n) is 5.16. The molecule has 1 aliphatic rings. The number of aromatic nitrogens is 3. The molecule has 12 heteroatoms. The number of nitrogens with zero attached hydrogens (tertiary/aromatic N) is 3. The van der Waals surface area contributed by atoms with Gasteiger partial charge < -0.3 is 11.1 Å². The average molecular weight is 477 g/mol. The molecule has 172 valence electrons. The lowest BCUT2D eigenvalue weighted by atomic mass is 10.0. The zero-order valence-corrected chi connectivity index (χ0v) is 17.8. The fourth-order valence-corrected chi connectivity index (χ4v) is 5.17. The lowest BCUT2D eigenvalue weighted by Crippen LogP contribution is -2.36. The molecular formula is C21H18F3N5O3S. The third-order valence-corrected chi connectivity index (χ3v) is 6.92. The predicted octanol–water partition coefficient (Wildman–Crippen LogP) is 2.72. The van der Waals surface area contributed by atoms with Crippen molar-refractivity contribution in [1.82, 2.24) is 20.3 Å². The van der Waals surface area contributed by atoms with Gasteiger partial charge in [0, 0.05) is 35.8 Å². The molecule has 0 radical (unpaired) electrons. The molecule has 3 aromatic rings. The maximum Gasteiger partial charge on any atom is 0.433 e. The summed E-state index contributed by atoms with van der Waals surface area (Å²) >= 11 is 0. The highest BCUT2D eigenvalue weighted by Crippen LogP contribution is 2.32. The van der Waals surface area contributed by atoms with Crippen molar-refractivity contribution < 1.29 is 26.4 Å². The quantitative estimate of drug-likeness (QED) is 0.591. The van der Waals surface area contributed by atoms with Crippen LogP contribution in [0.25, 0.3) is 22.5 Å². The lowest BCUT2D eigenvalue weighted by molar-refractivity contribution is -0.141. The van der Waals surface area contributed by atoms with Crippen molar-refractivity contribution >= 4 is 21.4 Å². The predicted molar refractivity (Wildman–Crippen MR) is 115 cm³/mol. The maximum absolute atomic E-state index is 13.0. The minimum atomic E-state index is -4.60. The highest BCUT2D eigenvalue weighted by Gasteiger charge is 2.32. The van der Waals surface area contributed by atoms with Gasteiger partial charge in [0.05, 0.1) is 34.1 Å². The molecule has 3 aromatic heterocycles. The van der Waals surface area contributed by atoms with Crippen LogP contribution in [-0.2, 0) is 16.0 Å². The number of anilines is 1. The van der Waals surface area contributed by atoms with Crippen LogP contribution in [0, 0.1) is 0 Å². The van der Waals surface area contributed by atoms with Crippen molar-refractivity contribution in [2.75, 3.05) is 17.2 Å². The summed E-state index contributed by atoms with van der Waals surface area (Å²) in [7, 11) is -3.22. The summed E-state index contributed by atoms with van der Waals surface area (Å²) in [5.41, 5.74) is 6.35. The number of sulfone groups is 1. The van der Waals surface area contributed by atoms with E-state index in [0.717, 1.165) is 12.3 Å². The van der Waals surface area contributed by atoms with E-state index >= 15 is 0 Å². The molecule has 0 aliphatic carbocycles. The first-order valence-electron chi connectivity index (χ1n) is 9.79. The molecule has 0 saturated carbocycles.